The molecule has 0 aliphatic rings. The lowest BCUT2D eigenvalue weighted by molar-refractivity contribution is -0.139. The van der Waals surface area contributed by atoms with Crippen molar-refractivity contribution in [3.8, 4) is 5.75 Å². The van der Waals surface area contributed by atoms with Crippen LogP contribution in [0.4, 0.5) is 4.79 Å². The van der Waals surface area contributed by atoms with Crippen LogP contribution in [-0.4, -0.2) is 123 Å². The Morgan fingerprint density at radius 1 is 0.625 bits per heavy atom. The molecule has 64 heavy (non-hydrogen) atoms. The van der Waals surface area contributed by atoms with Gasteiger partial charge < -0.3 is 63.0 Å². The minimum atomic E-state index is -1.53. The molecule has 0 aliphatic heterocycles. The Kier molecular flexibility index (Phi) is 22.6. The van der Waals surface area contributed by atoms with Crippen LogP contribution >= 0.6 is 12.6 Å². The third-order valence-corrected chi connectivity index (χ3v) is 9.50. The molecule has 2 aromatic rings. The smallest absolute Gasteiger partial charge is 0.408 e. The summed E-state index contributed by atoms with van der Waals surface area (Å²) in [5.74, 6) is -9.67. The van der Waals surface area contributed by atoms with Crippen LogP contribution in [-0.2, 0) is 60.9 Å². The van der Waals surface area contributed by atoms with E-state index in [1.54, 1.807) is 44.2 Å². The normalized spacial score (nSPS) is 13.6. The molecule has 0 fully saturated rings. The van der Waals surface area contributed by atoms with Crippen molar-refractivity contribution in [3.63, 3.8) is 0 Å². The van der Waals surface area contributed by atoms with Crippen molar-refractivity contribution in [2.45, 2.75) is 102 Å². The summed E-state index contributed by atoms with van der Waals surface area (Å²) in [6.07, 6.45) is -2.97. The summed E-state index contributed by atoms with van der Waals surface area (Å²) in [5.41, 5.74) is 6.56. The number of nitrogens with two attached hydrogens (primary N) is 1. The number of aliphatic carboxylic acids is 2. The van der Waals surface area contributed by atoms with Crippen molar-refractivity contribution in [1.82, 2.24) is 37.2 Å². The van der Waals surface area contributed by atoms with Crippen molar-refractivity contribution >= 4 is 72.0 Å². The molecular weight excluding hydrogens is 861 g/mol. The van der Waals surface area contributed by atoms with Gasteiger partial charge in [-0.1, -0.05) is 56.3 Å². The molecule has 0 aromatic heterocycles. The number of aromatic hydroxyl groups is 1. The number of amides is 8. The van der Waals surface area contributed by atoms with Gasteiger partial charge in [0.1, 0.15) is 48.6 Å². The molecule has 0 spiro atoms. The largest absolute Gasteiger partial charge is 0.508 e. The predicted octanol–water partition coefficient (Wildman–Crippen LogP) is -1.02. The Labute approximate surface area is 374 Å². The maximum Gasteiger partial charge on any atom is 0.408 e. The van der Waals surface area contributed by atoms with Crippen LogP contribution in [0.1, 0.15) is 64.0 Å². The number of phenols is 1. The predicted molar refractivity (Wildman–Crippen MR) is 230 cm³/mol. The molecule has 350 valence electrons. The van der Waals surface area contributed by atoms with Crippen molar-refractivity contribution in [1.29, 1.82) is 0 Å². The first kappa shape index (κ1) is 53.2. The van der Waals surface area contributed by atoms with Gasteiger partial charge in [0.25, 0.3) is 0 Å². The Morgan fingerprint density at radius 3 is 1.70 bits per heavy atom. The minimum Gasteiger partial charge on any atom is -0.508 e. The molecule has 0 bridgehead atoms. The number of hydrogen-bond donors (Lipinski definition) is 12. The van der Waals surface area contributed by atoms with Crippen LogP contribution in [0.2, 0.25) is 0 Å². The number of primary amides is 1. The molecule has 0 heterocycles. The maximum atomic E-state index is 13.8. The molecule has 8 amide bonds. The average Bonchev–Trinajstić information content (AvgIpc) is 3.23. The van der Waals surface area contributed by atoms with Crippen LogP contribution in [0.3, 0.4) is 0 Å². The fourth-order valence-electron chi connectivity index (χ4n) is 5.73. The minimum absolute atomic E-state index is 0.00685. The SMILES string of the molecule is CC(C)C[C@H](NC(=O)[C@H](CS)NC(=O)[C@H](CCC(=O)O)NC(=O)CNC(=O)[C@H](C)NC(=O)OCc1ccccc1)C(=O)N[C@@H](Cc1ccc(O)cc1)C(=O)N[C@@H](CCC(=O)O)C(N)=O. The zero-order valence-corrected chi connectivity index (χ0v) is 36.4. The number of carboxylic acids is 2. The number of thiol groups is 1. The summed E-state index contributed by atoms with van der Waals surface area (Å²) in [7, 11) is 0. The van der Waals surface area contributed by atoms with Crippen molar-refractivity contribution in [3.05, 3.63) is 65.7 Å². The number of phenolic OH excluding ortho intramolecular Hbond substituents is 1. The van der Waals surface area contributed by atoms with E-state index in [-0.39, 0.29) is 43.3 Å². The van der Waals surface area contributed by atoms with Crippen molar-refractivity contribution < 1.29 is 68.0 Å². The Hall–Kier alpha value is -6.91. The topological polar surface area (TPSA) is 351 Å². The Bertz CT molecular complexity index is 1950. The van der Waals surface area contributed by atoms with E-state index in [4.69, 9.17) is 15.6 Å². The van der Waals surface area contributed by atoms with E-state index in [1.807, 2.05) is 0 Å². The second-order valence-corrected chi connectivity index (χ2v) is 15.3. The third-order valence-electron chi connectivity index (χ3n) is 9.13. The van der Waals surface area contributed by atoms with Gasteiger partial charge in [-0.2, -0.15) is 12.6 Å². The number of carbonyl (C=O) groups excluding carboxylic acids is 8. The number of carboxylic acid groups (broad SMARTS) is 2. The molecule has 0 saturated heterocycles. The van der Waals surface area contributed by atoms with Gasteiger partial charge in [-0.25, -0.2) is 4.79 Å². The van der Waals surface area contributed by atoms with E-state index < -0.39 is 121 Å². The molecule has 0 aliphatic carbocycles. The van der Waals surface area contributed by atoms with Gasteiger partial charge in [-0.3, -0.25) is 43.2 Å². The quantitative estimate of drug-likeness (QED) is 0.0478. The number of rotatable bonds is 27. The number of benzene rings is 2. The maximum absolute atomic E-state index is 13.8. The summed E-state index contributed by atoms with van der Waals surface area (Å²) < 4.78 is 5.08. The molecule has 0 radical (unpaired) electrons. The standard InChI is InChI=1S/C41H56N8O14S/c1-22(2)17-29(38(59)48-30(18-24-9-11-26(50)12-10-24)39(60)46-27(35(42)56)13-15-33(52)53)47-40(61)31(21-64)49-37(58)28(14-16-34(54)55)45-32(51)19-43-36(57)23(3)44-41(62)63-20-25-7-5-4-6-8-25/h4-12,22-23,27-31,50,64H,13-21H2,1-3H3,(H2,42,56)(H,43,57)(H,44,62)(H,45,51)(H,46,60)(H,47,61)(H,48,59)(H,49,58)(H,52,53)(H,54,55)/t23-,27-,28-,29-,30-,31-/m0/s1. The molecule has 12 N–H and O–H groups in total. The number of alkyl carbamates (subject to hydrolysis) is 1. The van der Waals surface area contributed by atoms with E-state index in [1.165, 1.54) is 31.2 Å². The van der Waals surface area contributed by atoms with Crippen molar-refractivity contribution in [2.24, 2.45) is 11.7 Å². The first-order valence-corrected chi connectivity index (χ1v) is 20.7. The van der Waals surface area contributed by atoms with Gasteiger partial charge in [0.2, 0.25) is 41.4 Å². The number of nitrogens with one attached hydrogen (secondary N) is 7. The van der Waals surface area contributed by atoms with E-state index in [2.05, 4.69) is 49.8 Å². The fourth-order valence-corrected chi connectivity index (χ4v) is 5.98. The number of hydrogen-bond acceptors (Lipinski definition) is 13. The van der Waals surface area contributed by atoms with Gasteiger partial charge in [0, 0.05) is 25.0 Å². The average molecular weight is 917 g/mol. The summed E-state index contributed by atoms with van der Waals surface area (Å²) in [5, 5.41) is 44.8. The van der Waals surface area contributed by atoms with Crippen LogP contribution in [0.25, 0.3) is 0 Å². The van der Waals surface area contributed by atoms with Gasteiger partial charge in [-0.15, -0.1) is 0 Å². The highest BCUT2D eigenvalue weighted by Gasteiger charge is 2.33. The highest BCUT2D eigenvalue weighted by Crippen LogP contribution is 2.13. The zero-order chi connectivity index (χ0) is 47.9. The van der Waals surface area contributed by atoms with E-state index in [9.17, 15) is 58.2 Å². The summed E-state index contributed by atoms with van der Waals surface area (Å²) in [4.78, 5) is 127. The molecule has 6 atom stereocenters. The monoisotopic (exact) mass is 916 g/mol. The van der Waals surface area contributed by atoms with Crippen molar-refractivity contribution in [2.75, 3.05) is 12.3 Å². The van der Waals surface area contributed by atoms with Crippen LogP contribution < -0.4 is 43.0 Å². The molecule has 0 unspecified atom stereocenters. The first-order valence-electron chi connectivity index (χ1n) is 20.1. The van der Waals surface area contributed by atoms with Crippen LogP contribution in [0.15, 0.2) is 54.6 Å². The second-order valence-electron chi connectivity index (χ2n) is 15.0. The highest BCUT2D eigenvalue weighted by atomic mass is 32.1. The molecular formula is C41H56N8O14S. The highest BCUT2D eigenvalue weighted by molar-refractivity contribution is 7.80. The van der Waals surface area contributed by atoms with Gasteiger partial charge >= 0.3 is 18.0 Å². The van der Waals surface area contributed by atoms with Gasteiger partial charge in [-0.05, 0) is 55.4 Å². The number of ether oxygens (including phenoxy) is 1. The lowest BCUT2D eigenvalue weighted by atomic mass is 10.00. The fraction of sp³-hybridized carbons (Fsp3) is 0.463. The molecule has 22 nitrogen and oxygen atoms in total. The third kappa shape index (κ3) is 20.3. The van der Waals surface area contributed by atoms with Gasteiger partial charge in [0.15, 0.2) is 0 Å². The second kappa shape index (κ2) is 27.2. The first-order chi connectivity index (χ1) is 30.2. The van der Waals surface area contributed by atoms with E-state index in [0.29, 0.717) is 11.1 Å². The zero-order valence-electron chi connectivity index (χ0n) is 35.5. The molecule has 2 aromatic carbocycles. The summed E-state index contributed by atoms with van der Waals surface area (Å²) >= 11 is 4.16. The Morgan fingerprint density at radius 2 is 1.14 bits per heavy atom. The van der Waals surface area contributed by atoms with Crippen LogP contribution in [0.5, 0.6) is 5.75 Å². The van der Waals surface area contributed by atoms with E-state index >= 15 is 0 Å². The van der Waals surface area contributed by atoms with E-state index in [0.717, 1.165) is 0 Å². The Balaban J connectivity index is 2.15. The summed E-state index contributed by atoms with van der Waals surface area (Å²) in [6, 6.07) is 6.07. The molecule has 2 rings (SSSR count). The number of carbonyl (C=O) groups is 10. The summed E-state index contributed by atoms with van der Waals surface area (Å²) in [6.45, 7) is 4.06. The lowest BCUT2D eigenvalue weighted by Crippen LogP contribution is -2.60. The van der Waals surface area contributed by atoms with Crippen LogP contribution in [0, 0.1) is 5.92 Å². The van der Waals surface area contributed by atoms with Gasteiger partial charge in [0.05, 0.1) is 6.54 Å². The molecule has 0 saturated carbocycles. The lowest BCUT2D eigenvalue weighted by Gasteiger charge is -2.27. The molecule has 23 heteroatoms.